The number of aromatic carboxylic acids is 1. The van der Waals surface area contributed by atoms with Crippen molar-refractivity contribution >= 4 is 17.3 Å². The van der Waals surface area contributed by atoms with Crippen molar-refractivity contribution in [1.29, 1.82) is 0 Å². The molecule has 0 radical (unpaired) electrons. The number of hydrogen-bond donors (Lipinski definition) is 3. The summed E-state index contributed by atoms with van der Waals surface area (Å²) >= 11 is 0. The number of benzene rings is 1. The van der Waals surface area contributed by atoms with Gasteiger partial charge in [0.2, 0.25) is 0 Å². The number of nitrogen functional groups attached to an aromatic ring is 1. The lowest BCUT2D eigenvalue weighted by Gasteiger charge is -2.08. The molecule has 0 aliphatic rings. The van der Waals surface area contributed by atoms with Gasteiger partial charge in [0, 0.05) is 17.9 Å². The quantitative estimate of drug-likeness (QED) is 0.414. The van der Waals surface area contributed by atoms with Crippen LogP contribution in [0.4, 0.5) is 11.4 Å². The number of carboxylic acids is 1. The van der Waals surface area contributed by atoms with Crippen molar-refractivity contribution in [2.24, 2.45) is 0 Å². The minimum atomic E-state index is -0.983. The molecule has 0 aromatic heterocycles. The van der Waals surface area contributed by atoms with E-state index in [4.69, 9.17) is 10.8 Å². The van der Waals surface area contributed by atoms with Gasteiger partial charge in [0.05, 0.1) is 5.56 Å². The van der Waals surface area contributed by atoms with Crippen LogP contribution in [0, 0.1) is 0 Å². The molecule has 0 heterocycles. The third-order valence-corrected chi connectivity index (χ3v) is 3.64. The zero-order chi connectivity index (χ0) is 15.5. The van der Waals surface area contributed by atoms with E-state index in [0.717, 1.165) is 18.7 Å². The second-order valence-electron chi connectivity index (χ2n) is 5.51. The Bertz CT molecular complexity index is 433. The van der Waals surface area contributed by atoms with Gasteiger partial charge in [-0.05, 0) is 24.6 Å². The molecule has 0 aliphatic heterocycles. The Morgan fingerprint density at radius 1 is 1.10 bits per heavy atom. The monoisotopic (exact) mass is 292 g/mol. The Labute approximate surface area is 127 Å². The van der Waals surface area contributed by atoms with Gasteiger partial charge < -0.3 is 16.2 Å². The van der Waals surface area contributed by atoms with E-state index in [1.54, 1.807) is 12.1 Å². The molecule has 1 aromatic carbocycles. The van der Waals surface area contributed by atoms with Crippen molar-refractivity contribution in [1.82, 2.24) is 0 Å². The molecular weight excluding hydrogens is 264 g/mol. The number of carbonyl (C=O) groups is 1. The summed E-state index contributed by atoms with van der Waals surface area (Å²) in [5.74, 6) is -0.983. The predicted molar refractivity (Wildman–Crippen MR) is 88.9 cm³/mol. The van der Waals surface area contributed by atoms with Gasteiger partial charge in [-0.25, -0.2) is 4.79 Å². The van der Waals surface area contributed by atoms with Crippen LogP contribution in [0.15, 0.2) is 18.2 Å². The molecule has 4 heteroatoms. The van der Waals surface area contributed by atoms with Crippen molar-refractivity contribution in [2.45, 2.75) is 58.3 Å². The first kappa shape index (κ1) is 17.3. The summed E-state index contributed by atoms with van der Waals surface area (Å²) in [7, 11) is 0. The topological polar surface area (TPSA) is 75.3 Å². The summed E-state index contributed by atoms with van der Waals surface area (Å²) in [4.78, 5) is 11.0. The van der Waals surface area contributed by atoms with Crippen LogP contribution in [-0.4, -0.2) is 17.6 Å². The van der Waals surface area contributed by atoms with Crippen molar-refractivity contribution in [3.05, 3.63) is 23.8 Å². The standard InChI is InChI=1S/C17H28N2O2/c1-2-3-4-5-6-7-8-9-12-19-14-10-11-16(18)15(13-14)17(20)21/h10-11,13,19H,2-9,12,18H2,1H3,(H,20,21). The maximum absolute atomic E-state index is 11.0. The lowest BCUT2D eigenvalue weighted by atomic mass is 10.1. The van der Waals surface area contributed by atoms with Crippen molar-refractivity contribution in [3.63, 3.8) is 0 Å². The fourth-order valence-corrected chi connectivity index (χ4v) is 2.34. The second kappa shape index (κ2) is 10.1. The smallest absolute Gasteiger partial charge is 0.337 e. The summed E-state index contributed by atoms with van der Waals surface area (Å²) in [6.07, 6.45) is 10.3. The second-order valence-corrected chi connectivity index (χ2v) is 5.51. The fourth-order valence-electron chi connectivity index (χ4n) is 2.34. The predicted octanol–water partition coefficient (Wildman–Crippen LogP) is 4.52. The number of hydrogen-bond acceptors (Lipinski definition) is 3. The van der Waals surface area contributed by atoms with Crippen LogP contribution in [-0.2, 0) is 0 Å². The van der Waals surface area contributed by atoms with Crippen LogP contribution >= 0.6 is 0 Å². The van der Waals surface area contributed by atoms with E-state index in [1.165, 1.54) is 44.9 Å². The number of carboxylic acid groups (broad SMARTS) is 1. The molecule has 0 amide bonds. The first-order valence-corrected chi connectivity index (χ1v) is 8.02. The van der Waals surface area contributed by atoms with E-state index in [1.807, 2.05) is 6.07 Å². The highest BCUT2D eigenvalue weighted by Crippen LogP contribution is 2.18. The average Bonchev–Trinajstić information content (AvgIpc) is 2.47. The third kappa shape index (κ3) is 7.02. The zero-order valence-corrected chi connectivity index (χ0v) is 13.0. The maximum Gasteiger partial charge on any atom is 0.337 e. The molecule has 1 aromatic rings. The van der Waals surface area contributed by atoms with E-state index in [9.17, 15) is 4.79 Å². The lowest BCUT2D eigenvalue weighted by molar-refractivity contribution is 0.0698. The van der Waals surface area contributed by atoms with E-state index in [-0.39, 0.29) is 5.56 Å². The van der Waals surface area contributed by atoms with E-state index >= 15 is 0 Å². The largest absolute Gasteiger partial charge is 0.478 e. The van der Waals surface area contributed by atoms with E-state index < -0.39 is 5.97 Å². The summed E-state index contributed by atoms with van der Waals surface area (Å²) in [6.45, 7) is 3.11. The van der Waals surface area contributed by atoms with Gasteiger partial charge in [0.1, 0.15) is 0 Å². The first-order valence-electron chi connectivity index (χ1n) is 8.02. The summed E-state index contributed by atoms with van der Waals surface area (Å²) in [5.41, 5.74) is 6.92. The van der Waals surface area contributed by atoms with Gasteiger partial charge in [-0.2, -0.15) is 0 Å². The molecule has 1 rings (SSSR count). The van der Waals surface area contributed by atoms with Gasteiger partial charge in [0.15, 0.2) is 0 Å². The number of unbranched alkanes of at least 4 members (excludes halogenated alkanes) is 7. The molecule has 0 unspecified atom stereocenters. The molecule has 0 saturated heterocycles. The van der Waals surface area contributed by atoms with Crippen LogP contribution in [0.1, 0.15) is 68.6 Å². The molecule has 0 saturated carbocycles. The van der Waals surface area contributed by atoms with E-state index in [0.29, 0.717) is 5.69 Å². The number of rotatable bonds is 11. The molecule has 0 spiro atoms. The van der Waals surface area contributed by atoms with Gasteiger partial charge in [-0.1, -0.05) is 51.9 Å². The van der Waals surface area contributed by atoms with Crippen molar-refractivity contribution < 1.29 is 9.90 Å². The fraction of sp³-hybridized carbons (Fsp3) is 0.588. The van der Waals surface area contributed by atoms with Crippen molar-refractivity contribution in [3.8, 4) is 0 Å². The third-order valence-electron chi connectivity index (χ3n) is 3.64. The molecule has 118 valence electrons. The number of nitrogens with two attached hydrogens (primary N) is 1. The highest BCUT2D eigenvalue weighted by molar-refractivity contribution is 5.94. The van der Waals surface area contributed by atoms with Crippen LogP contribution in [0.5, 0.6) is 0 Å². The van der Waals surface area contributed by atoms with Gasteiger partial charge in [-0.3, -0.25) is 0 Å². The van der Waals surface area contributed by atoms with Gasteiger partial charge >= 0.3 is 5.97 Å². The molecule has 21 heavy (non-hydrogen) atoms. The molecule has 4 nitrogen and oxygen atoms in total. The molecule has 4 N–H and O–H groups in total. The first-order chi connectivity index (χ1) is 10.1. The molecular formula is C17H28N2O2. The normalized spacial score (nSPS) is 10.5. The minimum absolute atomic E-state index is 0.163. The summed E-state index contributed by atoms with van der Waals surface area (Å²) in [5, 5.41) is 12.3. The van der Waals surface area contributed by atoms with Gasteiger partial charge in [-0.15, -0.1) is 0 Å². The Kier molecular flexibility index (Phi) is 8.32. The minimum Gasteiger partial charge on any atom is -0.478 e. The van der Waals surface area contributed by atoms with Crippen LogP contribution < -0.4 is 11.1 Å². The molecule has 0 bridgehead atoms. The average molecular weight is 292 g/mol. The van der Waals surface area contributed by atoms with E-state index in [2.05, 4.69) is 12.2 Å². The van der Waals surface area contributed by atoms with Crippen molar-refractivity contribution in [2.75, 3.05) is 17.6 Å². The Morgan fingerprint density at radius 2 is 1.71 bits per heavy atom. The van der Waals surface area contributed by atoms with Crippen LogP contribution in [0.25, 0.3) is 0 Å². The summed E-state index contributed by atoms with van der Waals surface area (Å²) < 4.78 is 0. The Morgan fingerprint density at radius 3 is 2.33 bits per heavy atom. The lowest BCUT2D eigenvalue weighted by Crippen LogP contribution is -2.06. The van der Waals surface area contributed by atoms with Crippen LogP contribution in [0.3, 0.4) is 0 Å². The molecule has 0 fully saturated rings. The summed E-state index contributed by atoms with van der Waals surface area (Å²) in [6, 6.07) is 5.06. The number of nitrogens with one attached hydrogen (secondary N) is 1. The molecule has 0 aliphatic carbocycles. The Balaban J connectivity index is 2.16. The zero-order valence-electron chi connectivity index (χ0n) is 13.0. The number of anilines is 2. The highest BCUT2D eigenvalue weighted by atomic mass is 16.4. The molecule has 0 atom stereocenters. The van der Waals surface area contributed by atoms with Crippen LogP contribution in [0.2, 0.25) is 0 Å². The van der Waals surface area contributed by atoms with Gasteiger partial charge in [0.25, 0.3) is 0 Å². The highest BCUT2D eigenvalue weighted by Gasteiger charge is 2.08. The Hall–Kier alpha value is -1.71. The SMILES string of the molecule is CCCCCCCCCCNc1ccc(N)c(C(=O)O)c1. The maximum atomic E-state index is 11.0.